The Labute approximate surface area is 129 Å². The van der Waals surface area contributed by atoms with Crippen LogP contribution in [0.4, 0.5) is 5.82 Å². The molecular formula is C17H19N5. The van der Waals surface area contributed by atoms with E-state index < -0.39 is 0 Å². The maximum atomic E-state index is 4.78. The standard InChI is InChI=1S/C17H19N5/c1-2-21(12-13-8-9-13)16-11-10-15-18-19-17(22(15)20-16)14-6-4-3-5-7-14/h3-7,10-11,13H,2,8-9,12H2,1H3. The van der Waals surface area contributed by atoms with Crippen LogP contribution in [0.15, 0.2) is 42.5 Å². The molecule has 2 aromatic heterocycles. The Kier molecular flexibility index (Phi) is 3.25. The molecule has 0 amide bonds. The Balaban J connectivity index is 1.75. The predicted octanol–water partition coefficient (Wildman–Crippen LogP) is 3.03. The molecule has 5 heteroatoms. The fourth-order valence-electron chi connectivity index (χ4n) is 2.71. The van der Waals surface area contributed by atoms with Crippen LogP contribution in [0.5, 0.6) is 0 Å². The second-order valence-electron chi connectivity index (χ2n) is 5.83. The molecule has 1 saturated carbocycles. The Morgan fingerprint density at radius 1 is 1.09 bits per heavy atom. The van der Waals surface area contributed by atoms with E-state index in [4.69, 9.17) is 5.10 Å². The first-order valence-corrected chi connectivity index (χ1v) is 7.88. The predicted molar refractivity (Wildman–Crippen MR) is 86.8 cm³/mol. The van der Waals surface area contributed by atoms with Crippen LogP contribution in [0.3, 0.4) is 0 Å². The van der Waals surface area contributed by atoms with Gasteiger partial charge in [0.05, 0.1) is 0 Å². The van der Waals surface area contributed by atoms with Gasteiger partial charge in [0, 0.05) is 18.7 Å². The number of anilines is 1. The Morgan fingerprint density at radius 2 is 1.91 bits per heavy atom. The maximum absolute atomic E-state index is 4.78. The second-order valence-corrected chi connectivity index (χ2v) is 5.83. The van der Waals surface area contributed by atoms with Crippen molar-refractivity contribution in [3.8, 4) is 11.4 Å². The summed E-state index contributed by atoms with van der Waals surface area (Å²) in [5, 5.41) is 13.3. The van der Waals surface area contributed by atoms with Gasteiger partial charge < -0.3 is 4.90 Å². The molecule has 1 aliphatic rings. The maximum Gasteiger partial charge on any atom is 0.185 e. The van der Waals surface area contributed by atoms with Crippen LogP contribution >= 0.6 is 0 Å². The van der Waals surface area contributed by atoms with Gasteiger partial charge in [0.2, 0.25) is 0 Å². The summed E-state index contributed by atoms with van der Waals surface area (Å²) >= 11 is 0. The Bertz CT molecular complexity index is 776. The average Bonchev–Trinajstić information content (AvgIpc) is 3.30. The smallest absolute Gasteiger partial charge is 0.185 e. The molecule has 4 rings (SSSR count). The van der Waals surface area contributed by atoms with Crippen molar-refractivity contribution in [1.82, 2.24) is 19.8 Å². The van der Waals surface area contributed by atoms with Crippen molar-refractivity contribution in [2.75, 3.05) is 18.0 Å². The van der Waals surface area contributed by atoms with Crippen molar-refractivity contribution in [2.45, 2.75) is 19.8 Å². The van der Waals surface area contributed by atoms with Gasteiger partial charge in [0.25, 0.3) is 0 Å². The summed E-state index contributed by atoms with van der Waals surface area (Å²) in [6, 6.07) is 14.1. The summed E-state index contributed by atoms with van der Waals surface area (Å²) in [4.78, 5) is 2.34. The lowest BCUT2D eigenvalue weighted by molar-refractivity contribution is 0.719. The number of nitrogens with zero attached hydrogens (tertiary/aromatic N) is 5. The van der Waals surface area contributed by atoms with Gasteiger partial charge in [-0.2, -0.15) is 4.52 Å². The number of fused-ring (bicyclic) bond motifs is 1. The van der Waals surface area contributed by atoms with E-state index in [9.17, 15) is 0 Å². The van der Waals surface area contributed by atoms with Gasteiger partial charge >= 0.3 is 0 Å². The van der Waals surface area contributed by atoms with Gasteiger partial charge in [-0.1, -0.05) is 30.3 Å². The first-order chi connectivity index (χ1) is 10.8. The minimum Gasteiger partial charge on any atom is -0.355 e. The molecule has 3 aromatic rings. The fourth-order valence-corrected chi connectivity index (χ4v) is 2.71. The molecule has 1 aromatic carbocycles. The molecule has 22 heavy (non-hydrogen) atoms. The molecule has 1 fully saturated rings. The van der Waals surface area contributed by atoms with E-state index in [1.807, 2.05) is 47.0 Å². The summed E-state index contributed by atoms with van der Waals surface area (Å²) in [6.07, 6.45) is 2.70. The molecule has 0 aliphatic heterocycles. The number of benzene rings is 1. The first kappa shape index (κ1) is 13.2. The zero-order valence-corrected chi connectivity index (χ0v) is 12.7. The van der Waals surface area contributed by atoms with Gasteiger partial charge in [-0.15, -0.1) is 15.3 Å². The minimum absolute atomic E-state index is 0.782. The van der Waals surface area contributed by atoms with Crippen LogP contribution in [0.1, 0.15) is 19.8 Å². The molecule has 0 atom stereocenters. The molecule has 1 aliphatic carbocycles. The lowest BCUT2D eigenvalue weighted by Crippen LogP contribution is -2.26. The lowest BCUT2D eigenvalue weighted by atomic mass is 10.2. The van der Waals surface area contributed by atoms with Crippen LogP contribution in [0, 0.1) is 5.92 Å². The topological polar surface area (TPSA) is 46.3 Å². The summed E-state index contributed by atoms with van der Waals surface area (Å²) in [6.45, 7) is 4.24. The van der Waals surface area contributed by atoms with E-state index in [0.29, 0.717) is 0 Å². The highest BCUT2D eigenvalue weighted by molar-refractivity contribution is 5.59. The number of rotatable bonds is 5. The summed E-state index contributed by atoms with van der Waals surface area (Å²) < 4.78 is 1.85. The zero-order valence-electron chi connectivity index (χ0n) is 12.7. The summed E-state index contributed by atoms with van der Waals surface area (Å²) in [5.74, 6) is 2.63. The average molecular weight is 293 g/mol. The highest BCUT2D eigenvalue weighted by Gasteiger charge is 2.24. The molecule has 0 N–H and O–H groups in total. The number of hydrogen-bond acceptors (Lipinski definition) is 4. The number of aromatic nitrogens is 4. The second kappa shape index (κ2) is 5.40. The number of hydrogen-bond donors (Lipinski definition) is 0. The van der Waals surface area contributed by atoms with Crippen molar-refractivity contribution >= 4 is 11.5 Å². The highest BCUT2D eigenvalue weighted by Crippen LogP contribution is 2.31. The van der Waals surface area contributed by atoms with Crippen LogP contribution in [-0.4, -0.2) is 32.9 Å². The monoisotopic (exact) mass is 293 g/mol. The van der Waals surface area contributed by atoms with Gasteiger partial charge in [0.1, 0.15) is 5.82 Å². The van der Waals surface area contributed by atoms with Crippen LogP contribution < -0.4 is 4.90 Å². The quantitative estimate of drug-likeness (QED) is 0.725. The van der Waals surface area contributed by atoms with E-state index in [1.54, 1.807) is 0 Å². The van der Waals surface area contributed by atoms with E-state index in [2.05, 4.69) is 22.0 Å². The zero-order chi connectivity index (χ0) is 14.9. The molecule has 0 spiro atoms. The Hall–Kier alpha value is -2.43. The van der Waals surface area contributed by atoms with E-state index >= 15 is 0 Å². The van der Waals surface area contributed by atoms with Crippen LogP contribution in [0.2, 0.25) is 0 Å². The third kappa shape index (κ3) is 2.43. The molecule has 112 valence electrons. The molecule has 0 bridgehead atoms. The fraction of sp³-hybridized carbons (Fsp3) is 0.353. The normalized spacial score (nSPS) is 14.4. The minimum atomic E-state index is 0.782. The van der Waals surface area contributed by atoms with Crippen molar-refractivity contribution in [2.24, 2.45) is 5.92 Å². The van der Waals surface area contributed by atoms with Crippen molar-refractivity contribution in [3.05, 3.63) is 42.5 Å². The Morgan fingerprint density at radius 3 is 2.64 bits per heavy atom. The summed E-state index contributed by atoms with van der Waals surface area (Å²) in [7, 11) is 0. The first-order valence-electron chi connectivity index (χ1n) is 7.88. The molecule has 0 radical (unpaired) electrons. The third-order valence-corrected chi connectivity index (χ3v) is 4.16. The molecule has 5 nitrogen and oxygen atoms in total. The SMILES string of the molecule is CCN(CC1CC1)c1ccc2nnc(-c3ccccc3)n2n1. The molecule has 0 unspecified atom stereocenters. The van der Waals surface area contributed by atoms with Crippen molar-refractivity contribution in [3.63, 3.8) is 0 Å². The van der Waals surface area contributed by atoms with Gasteiger partial charge in [-0.05, 0) is 37.8 Å². The molecule has 0 saturated heterocycles. The van der Waals surface area contributed by atoms with Crippen molar-refractivity contribution < 1.29 is 0 Å². The van der Waals surface area contributed by atoms with E-state index in [1.165, 1.54) is 12.8 Å². The van der Waals surface area contributed by atoms with Gasteiger partial charge in [0.15, 0.2) is 11.5 Å². The molecule has 2 heterocycles. The van der Waals surface area contributed by atoms with Gasteiger partial charge in [-0.25, -0.2) is 0 Å². The largest absolute Gasteiger partial charge is 0.355 e. The molecular weight excluding hydrogens is 274 g/mol. The third-order valence-electron chi connectivity index (χ3n) is 4.16. The summed E-state index contributed by atoms with van der Waals surface area (Å²) in [5.41, 5.74) is 1.81. The highest BCUT2D eigenvalue weighted by atomic mass is 15.4. The van der Waals surface area contributed by atoms with Crippen LogP contribution in [0.25, 0.3) is 17.0 Å². The van der Waals surface area contributed by atoms with Crippen molar-refractivity contribution in [1.29, 1.82) is 0 Å². The van der Waals surface area contributed by atoms with Gasteiger partial charge in [-0.3, -0.25) is 0 Å². The lowest BCUT2D eigenvalue weighted by Gasteiger charge is -2.21. The van der Waals surface area contributed by atoms with E-state index in [-0.39, 0.29) is 0 Å². The van der Waals surface area contributed by atoms with E-state index in [0.717, 1.165) is 41.9 Å². The van der Waals surface area contributed by atoms with Crippen LogP contribution in [-0.2, 0) is 0 Å².